The monoisotopic (exact) mass is 247 g/mol. The maximum absolute atomic E-state index is 11.6. The number of amides is 1. The summed E-state index contributed by atoms with van der Waals surface area (Å²) in [5, 5.41) is 2.87. The molecule has 0 aliphatic carbocycles. The Kier molecular flexibility index (Phi) is 6.12. The molecular weight excluding hydrogens is 226 g/mol. The van der Waals surface area contributed by atoms with Gasteiger partial charge >= 0.3 is 0 Å². The molecule has 0 heterocycles. The Morgan fingerprint density at radius 2 is 2.00 bits per heavy atom. The molecule has 98 valence electrons. The summed E-state index contributed by atoms with van der Waals surface area (Å²) in [6.45, 7) is 4.40. The van der Waals surface area contributed by atoms with Crippen LogP contribution in [0.1, 0.15) is 55.5 Å². The highest BCUT2D eigenvalue weighted by atomic mass is 16.1. The number of hydrogen-bond acceptors (Lipinski definition) is 2. The number of hydrogen-bond donors (Lipinski definition) is 1. The van der Waals surface area contributed by atoms with Gasteiger partial charge < -0.3 is 5.32 Å². The maximum Gasteiger partial charge on any atom is 0.220 e. The van der Waals surface area contributed by atoms with Gasteiger partial charge in [-0.1, -0.05) is 38.5 Å². The minimum absolute atomic E-state index is 0.0732. The summed E-state index contributed by atoms with van der Waals surface area (Å²) in [5.41, 5.74) is 1.69. The van der Waals surface area contributed by atoms with Crippen molar-refractivity contribution in [2.45, 2.75) is 46.1 Å². The second-order valence-corrected chi connectivity index (χ2v) is 4.36. The molecule has 0 radical (unpaired) electrons. The standard InChI is InChI=1S/C15H21NO2/c1-3-5-9-15(18)16-11-12-7-6-8-13(10-12)14(17)4-2/h6-8,10H,3-5,9,11H2,1-2H3,(H,16,18). The second kappa shape index (κ2) is 7.64. The maximum atomic E-state index is 11.6. The molecule has 0 saturated carbocycles. The van der Waals surface area contributed by atoms with Crippen LogP contribution in [0.4, 0.5) is 0 Å². The number of carbonyl (C=O) groups is 2. The molecule has 1 N–H and O–H groups in total. The molecule has 0 aromatic heterocycles. The van der Waals surface area contributed by atoms with Crippen LogP contribution < -0.4 is 5.32 Å². The molecule has 0 aliphatic rings. The van der Waals surface area contributed by atoms with E-state index in [4.69, 9.17) is 0 Å². The van der Waals surface area contributed by atoms with E-state index in [1.165, 1.54) is 0 Å². The first-order valence-corrected chi connectivity index (χ1v) is 6.56. The number of benzene rings is 1. The number of unbranched alkanes of at least 4 members (excludes halogenated alkanes) is 1. The first kappa shape index (κ1) is 14.4. The van der Waals surface area contributed by atoms with Crippen molar-refractivity contribution >= 4 is 11.7 Å². The number of carbonyl (C=O) groups excluding carboxylic acids is 2. The first-order chi connectivity index (χ1) is 8.67. The first-order valence-electron chi connectivity index (χ1n) is 6.56. The van der Waals surface area contributed by atoms with Crippen molar-refractivity contribution in [3.8, 4) is 0 Å². The molecule has 1 amide bonds. The van der Waals surface area contributed by atoms with E-state index in [1.807, 2.05) is 31.2 Å². The summed E-state index contributed by atoms with van der Waals surface area (Å²) in [7, 11) is 0. The Bertz CT molecular complexity index is 413. The predicted octanol–water partition coefficient (Wildman–Crippen LogP) is 3.09. The fourth-order valence-corrected chi connectivity index (χ4v) is 1.69. The lowest BCUT2D eigenvalue weighted by Gasteiger charge is -2.06. The van der Waals surface area contributed by atoms with E-state index < -0.39 is 0 Å². The van der Waals surface area contributed by atoms with Crippen LogP contribution in [0.2, 0.25) is 0 Å². The fourth-order valence-electron chi connectivity index (χ4n) is 1.69. The zero-order chi connectivity index (χ0) is 13.4. The number of Topliss-reactive ketones (excluding diaryl/α,β-unsaturated/α-hetero) is 1. The highest BCUT2D eigenvalue weighted by Crippen LogP contribution is 2.08. The third-order valence-electron chi connectivity index (χ3n) is 2.82. The van der Waals surface area contributed by atoms with E-state index in [2.05, 4.69) is 12.2 Å². The fraction of sp³-hybridized carbons (Fsp3) is 0.467. The van der Waals surface area contributed by atoms with Crippen molar-refractivity contribution in [3.05, 3.63) is 35.4 Å². The van der Waals surface area contributed by atoms with Gasteiger partial charge in [-0.2, -0.15) is 0 Å². The Hall–Kier alpha value is -1.64. The van der Waals surface area contributed by atoms with E-state index in [0.717, 1.165) is 24.0 Å². The van der Waals surface area contributed by atoms with Gasteiger partial charge in [0, 0.05) is 24.9 Å². The van der Waals surface area contributed by atoms with E-state index in [-0.39, 0.29) is 11.7 Å². The Balaban J connectivity index is 2.52. The van der Waals surface area contributed by atoms with Gasteiger partial charge in [-0.3, -0.25) is 9.59 Å². The van der Waals surface area contributed by atoms with Gasteiger partial charge in [0.2, 0.25) is 5.91 Å². The summed E-state index contributed by atoms with van der Waals surface area (Å²) in [5.74, 6) is 0.207. The van der Waals surface area contributed by atoms with E-state index >= 15 is 0 Å². The lowest BCUT2D eigenvalue weighted by Crippen LogP contribution is -2.22. The lowest BCUT2D eigenvalue weighted by atomic mass is 10.1. The lowest BCUT2D eigenvalue weighted by molar-refractivity contribution is -0.121. The van der Waals surface area contributed by atoms with Crippen LogP contribution in [0.5, 0.6) is 0 Å². The molecule has 1 aromatic carbocycles. The van der Waals surface area contributed by atoms with Crippen LogP contribution >= 0.6 is 0 Å². The van der Waals surface area contributed by atoms with Gasteiger partial charge in [0.1, 0.15) is 0 Å². The Morgan fingerprint density at radius 1 is 1.22 bits per heavy atom. The molecule has 1 aromatic rings. The molecule has 0 fully saturated rings. The van der Waals surface area contributed by atoms with E-state index in [9.17, 15) is 9.59 Å². The molecule has 0 bridgehead atoms. The molecule has 0 aliphatic heterocycles. The highest BCUT2D eigenvalue weighted by molar-refractivity contribution is 5.95. The van der Waals surface area contributed by atoms with Crippen LogP contribution in [0, 0.1) is 0 Å². The normalized spacial score (nSPS) is 10.1. The molecule has 1 rings (SSSR count). The molecule has 0 unspecified atom stereocenters. The highest BCUT2D eigenvalue weighted by Gasteiger charge is 2.04. The van der Waals surface area contributed by atoms with Crippen LogP contribution in [-0.2, 0) is 11.3 Å². The summed E-state index contributed by atoms with van der Waals surface area (Å²) in [6.07, 6.45) is 3.02. The average molecular weight is 247 g/mol. The van der Waals surface area contributed by atoms with Crippen LogP contribution in [0.3, 0.4) is 0 Å². The van der Waals surface area contributed by atoms with Crippen molar-refractivity contribution in [3.63, 3.8) is 0 Å². The number of ketones is 1. The van der Waals surface area contributed by atoms with Gasteiger partial charge in [-0.05, 0) is 18.1 Å². The summed E-state index contributed by atoms with van der Waals surface area (Å²) >= 11 is 0. The second-order valence-electron chi connectivity index (χ2n) is 4.36. The molecule has 0 atom stereocenters. The van der Waals surface area contributed by atoms with Crippen LogP contribution in [0.25, 0.3) is 0 Å². The molecule has 18 heavy (non-hydrogen) atoms. The van der Waals surface area contributed by atoms with Crippen molar-refractivity contribution in [1.29, 1.82) is 0 Å². The number of nitrogens with one attached hydrogen (secondary N) is 1. The smallest absolute Gasteiger partial charge is 0.220 e. The topological polar surface area (TPSA) is 46.2 Å². The zero-order valence-electron chi connectivity index (χ0n) is 11.2. The van der Waals surface area contributed by atoms with Crippen molar-refractivity contribution in [2.24, 2.45) is 0 Å². The minimum atomic E-state index is 0.0732. The quantitative estimate of drug-likeness (QED) is 0.753. The molecule has 3 heteroatoms. The predicted molar refractivity (Wildman–Crippen MR) is 72.4 cm³/mol. The zero-order valence-corrected chi connectivity index (χ0v) is 11.2. The largest absolute Gasteiger partial charge is 0.352 e. The van der Waals surface area contributed by atoms with Crippen LogP contribution in [-0.4, -0.2) is 11.7 Å². The van der Waals surface area contributed by atoms with E-state index in [0.29, 0.717) is 19.4 Å². The van der Waals surface area contributed by atoms with E-state index in [1.54, 1.807) is 0 Å². The van der Waals surface area contributed by atoms with Gasteiger partial charge in [-0.25, -0.2) is 0 Å². The molecular formula is C15H21NO2. The van der Waals surface area contributed by atoms with Crippen molar-refractivity contribution in [2.75, 3.05) is 0 Å². The minimum Gasteiger partial charge on any atom is -0.352 e. The van der Waals surface area contributed by atoms with Gasteiger partial charge in [-0.15, -0.1) is 0 Å². The summed E-state index contributed by atoms with van der Waals surface area (Å²) < 4.78 is 0. The third kappa shape index (κ3) is 4.70. The van der Waals surface area contributed by atoms with Crippen molar-refractivity contribution in [1.82, 2.24) is 5.32 Å². The average Bonchev–Trinajstić information content (AvgIpc) is 2.42. The van der Waals surface area contributed by atoms with Crippen molar-refractivity contribution < 1.29 is 9.59 Å². The summed E-state index contributed by atoms with van der Waals surface area (Å²) in [4.78, 5) is 23.0. The number of rotatable bonds is 7. The molecule has 0 saturated heterocycles. The Morgan fingerprint density at radius 3 is 2.67 bits per heavy atom. The van der Waals surface area contributed by atoms with Gasteiger partial charge in [0.05, 0.1) is 0 Å². The summed E-state index contributed by atoms with van der Waals surface area (Å²) in [6, 6.07) is 7.45. The van der Waals surface area contributed by atoms with Gasteiger partial charge in [0.25, 0.3) is 0 Å². The third-order valence-corrected chi connectivity index (χ3v) is 2.82. The molecule has 3 nitrogen and oxygen atoms in total. The van der Waals surface area contributed by atoms with Gasteiger partial charge in [0.15, 0.2) is 5.78 Å². The SMILES string of the molecule is CCCCC(=O)NCc1cccc(C(=O)CC)c1. The molecule has 0 spiro atoms. The Labute approximate surface area is 109 Å². The van der Waals surface area contributed by atoms with Crippen LogP contribution in [0.15, 0.2) is 24.3 Å².